The average Bonchev–Trinajstić information content (AvgIpc) is 2.73. The number of carbonyl (C=O) groups excluding carboxylic acids is 3. The predicted octanol–water partition coefficient (Wildman–Crippen LogP) is 3.77. The molecule has 0 radical (unpaired) electrons. The molecule has 1 heterocycles. The van der Waals surface area contributed by atoms with Crippen LogP contribution >= 0.6 is 12.6 Å². The van der Waals surface area contributed by atoms with Crippen molar-refractivity contribution in [1.29, 1.82) is 0 Å². The van der Waals surface area contributed by atoms with Crippen LogP contribution in [-0.2, 0) is 15.1 Å². The molecule has 0 bridgehead atoms. The number of thiol groups is 1. The van der Waals surface area contributed by atoms with E-state index < -0.39 is 17.2 Å². The topological polar surface area (TPSA) is 51.2 Å². The van der Waals surface area contributed by atoms with Gasteiger partial charge in [0.1, 0.15) is 0 Å². The van der Waals surface area contributed by atoms with Crippen LogP contribution in [0.2, 0.25) is 0 Å². The molecule has 1 aliphatic rings. The molecule has 2 aromatic carbocycles. The van der Waals surface area contributed by atoms with E-state index in [0.717, 1.165) is 18.4 Å². The Bertz CT molecular complexity index is 852. The van der Waals surface area contributed by atoms with E-state index in [2.05, 4.69) is 12.6 Å². The smallest absolute Gasteiger partial charge is 0.280 e. The molecule has 0 spiro atoms. The van der Waals surface area contributed by atoms with E-state index in [9.17, 15) is 14.4 Å². The van der Waals surface area contributed by atoms with Crippen molar-refractivity contribution in [2.75, 3.05) is 13.1 Å². The van der Waals surface area contributed by atoms with Crippen LogP contribution in [0.4, 0.5) is 0 Å². The molecule has 140 valence electrons. The highest BCUT2D eigenvalue weighted by molar-refractivity contribution is 7.96. The first kappa shape index (κ1) is 19.5. The number of quaternary nitrogens is 1. The lowest BCUT2D eigenvalue weighted by Crippen LogP contribution is -2.71. The molecule has 5 heteroatoms. The third-order valence-electron chi connectivity index (χ3n) is 5.82. The highest BCUT2D eigenvalue weighted by Crippen LogP contribution is 2.46. The van der Waals surface area contributed by atoms with Crippen LogP contribution in [0.3, 0.4) is 0 Å². The van der Waals surface area contributed by atoms with Gasteiger partial charge in [0.15, 0.2) is 0 Å². The molecule has 1 saturated heterocycles. The summed E-state index contributed by atoms with van der Waals surface area (Å²) < 4.78 is -0.201. The summed E-state index contributed by atoms with van der Waals surface area (Å²) in [5.41, 5.74) is -0.0350. The van der Waals surface area contributed by atoms with Gasteiger partial charge in [-0.2, -0.15) is 0 Å². The molecule has 1 amide bonds. The predicted molar refractivity (Wildman–Crippen MR) is 107 cm³/mol. The summed E-state index contributed by atoms with van der Waals surface area (Å²) in [5.74, 6) is -1.08. The van der Waals surface area contributed by atoms with Crippen molar-refractivity contribution < 1.29 is 18.9 Å². The molecule has 1 aliphatic heterocycles. The van der Waals surface area contributed by atoms with Gasteiger partial charge in [-0.1, -0.05) is 73.3 Å². The summed E-state index contributed by atoms with van der Waals surface area (Å²) >= 11 is 4.24. The highest BCUT2D eigenvalue weighted by Gasteiger charge is 2.62. The van der Waals surface area contributed by atoms with Gasteiger partial charge in [-0.05, 0) is 19.8 Å². The number of ketones is 1. The van der Waals surface area contributed by atoms with Crippen LogP contribution in [0, 0.1) is 0 Å². The Balaban J connectivity index is 2.18. The van der Waals surface area contributed by atoms with Crippen LogP contribution in [0.15, 0.2) is 60.7 Å². The Morgan fingerprint density at radius 1 is 0.963 bits per heavy atom. The second-order valence-electron chi connectivity index (χ2n) is 7.00. The molecule has 0 saturated carbocycles. The Labute approximate surface area is 165 Å². The normalized spacial score (nSPS) is 25.0. The monoisotopic (exact) mass is 382 g/mol. The number of carbonyl (C=O) groups is 3. The number of nitrogens with zero attached hydrogens (tertiary/aromatic N) is 1. The maximum Gasteiger partial charge on any atom is 0.387 e. The van der Waals surface area contributed by atoms with Gasteiger partial charge in [0.05, 0.1) is 13.1 Å². The van der Waals surface area contributed by atoms with Crippen LogP contribution in [0.25, 0.3) is 0 Å². The number of Topliss-reactive ketones (excluding diaryl/α,β-unsaturated/α-hetero) is 1. The van der Waals surface area contributed by atoms with Crippen molar-refractivity contribution >= 4 is 29.4 Å². The lowest BCUT2D eigenvalue weighted by molar-refractivity contribution is -0.904. The van der Waals surface area contributed by atoms with Gasteiger partial charge in [0.25, 0.3) is 10.9 Å². The second kappa shape index (κ2) is 7.79. The quantitative estimate of drug-likeness (QED) is 0.371. The first-order chi connectivity index (χ1) is 13.0. The summed E-state index contributed by atoms with van der Waals surface area (Å²) in [6.45, 7) is 2.68. The van der Waals surface area contributed by atoms with Crippen molar-refractivity contribution in [2.24, 2.45) is 0 Å². The van der Waals surface area contributed by atoms with Crippen LogP contribution < -0.4 is 0 Å². The third kappa shape index (κ3) is 3.05. The molecular weight excluding hydrogens is 358 g/mol. The van der Waals surface area contributed by atoms with E-state index in [-0.39, 0.29) is 9.60 Å². The highest BCUT2D eigenvalue weighted by atomic mass is 32.1. The Kier molecular flexibility index (Phi) is 5.63. The number of piperidine rings is 1. The summed E-state index contributed by atoms with van der Waals surface area (Å²) in [4.78, 5) is 39.6. The fourth-order valence-electron chi connectivity index (χ4n) is 4.44. The maximum absolute atomic E-state index is 13.6. The van der Waals surface area contributed by atoms with Gasteiger partial charge >= 0.3 is 5.91 Å². The zero-order chi connectivity index (χ0) is 19.5. The molecule has 4 nitrogen and oxygen atoms in total. The molecule has 1 fully saturated rings. The van der Waals surface area contributed by atoms with Gasteiger partial charge in [0, 0.05) is 17.5 Å². The number of likely N-dealkylation sites (N-methyl/N-ethyl adjacent to an activating group) is 1. The minimum atomic E-state index is -1.14. The van der Waals surface area contributed by atoms with Gasteiger partial charge in [-0.15, -0.1) is 0 Å². The summed E-state index contributed by atoms with van der Waals surface area (Å²) in [6, 6.07) is 17.9. The molecule has 0 aromatic heterocycles. The number of benzene rings is 2. The minimum Gasteiger partial charge on any atom is -0.280 e. The van der Waals surface area contributed by atoms with E-state index >= 15 is 0 Å². The molecule has 0 N–H and O–H groups in total. The maximum atomic E-state index is 13.6. The van der Waals surface area contributed by atoms with E-state index in [1.54, 1.807) is 30.3 Å². The number of amides is 1. The Morgan fingerprint density at radius 2 is 1.56 bits per heavy atom. The van der Waals surface area contributed by atoms with E-state index in [1.165, 1.54) is 0 Å². The van der Waals surface area contributed by atoms with Crippen molar-refractivity contribution in [3.8, 4) is 0 Å². The van der Waals surface area contributed by atoms with Gasteiger partial charge in [0.2, 0.25) is 5.54 Å². The first-order valence-corrected chi connectivity index (χ1v) is 9.74. The number of likely N-dealkylation sites (tertiary alicyclic amines) is 1. The van der Waals surface area contributed by atoms with Crippen LogP contribution in [0.5, 0.6) is 0 Å². The summed E-state index contributed by atoms with van der Waals surface area (Å²) in [5, 5.41) is -0.357. The van der Waals surface area contributed by atoms with Crippen LogP contribution in [-0.4, -0.2) is 34.4 Å². The number of rotatable bonds is 5. The zero-order valence-corrected chi connectivity index (χ0v) is 16.3. The fourth-order valence-corrected chi connectivity index (χ4v) is 4.87. The fraction of sp³-hybridized carbons (Fsp3) is 0.318. The molecule has 0 aliphatic carbocycles. The number of hydrogen-bond acceptors (Lipinski definition) is 3. The molecule has 2 aromatic rings. The summed E-state index contributed by atoms with van der Waals surface area (Å²) in [7, 11) is 0. The second-order valence-corrected chi connectivity index (χ2v) is 7.40. The van der Waals surface area contributed by atoms with Crippen LogP contribution in [0.1, 0.15) is 42.1 Å². The average molecular weight is 383 g/mol. The van der Waals surface area contributed by atoms with Crippen molar-refractivity contribution in [3.05, 3.63) is 71.8 Å². The standard InChI is InChI=1S/C22H23NO3S/c1-2-23(20(25)19(24)17-11-5-3-6-12-17)16-10-9-15-22(23,21(26)27)18-13-7-4-8-14-18/h3-8,11-14H,2,9-10,15-16H2,1H3/p+1. The molecule has 2 unspecified atom stereocenters. The molecule has 27 heavy (non-hydrogen) atoms. The zero-order valence-electron chi connectivity index (χ0n) is 15.4. The lowest BCUT2D eigenvalue weighted by atomic mass is 9.77. The Morgan fingerprint density at radius 3 is 2.11 bits per heavy atom. The van der Waals surface area contributed by atoms with Crippen molar-refractivity contribution in [1.82, 2.24) is 0 Å². The van der Waals surface area contributed by atoms with Crippen molar-refractivity contribution in [3.63, 3.8) is 0 Å². The minimum absolute atomic E-state index is 0.201. The van der Waals surface area contributed by atoms with E-state index in [4.69, 9.17) is 0 Å². The molecule has 2 atom stereocenters. The van der Waals surface area contributed by atoms with E-state index in [1.807, 2.05) is 37.3 Å². The summed E-state index contributed by atoms with van der Waals surface area (Å²) in [6.07, 6.45) is 2.10. The van der Waals surface area contributed by atoms with E-state index in [0.29, 0.717) is 25.1 Å². The largest absolute Gasteiger partial charge is 0.387 e. The van der Waals surface area contributed by atoms with Gasteiger partial charge in [-0.3, -0.25) is 9.59 Å². The SMILES string of the molecule is CC[N+]1(C(=O)C(=O)c2ccccc2)CCCCC1(C(=O)S)c1ccccc1. The first-order valence-electron chi connectivity index (χ1n) is 9.30. The third-order valence-corrected chi connectivity index (χ3v) is 6.19. The molecular formula is C22H24NO3S+. The Hall–Kier alpha value is -2.24. The van der Waals surface area contributed by atoms with Crippen molar-refractivity contribution in [2.45, 2.75) is 31.7 Å². The molecule has 3 rings (SSSR count). The number of hydrogen-bond donors (Lipinski definition) is 1. The lowest BCUT2D eigenvalue weighted by Gasteiger charge is -2.51. The van der Waals surface area contributed by atoms with Gasteiger partial charge < -0.3 is 0 Å². The van der Waals surface area contributed by atoms with Gasteiger partial charge in [-0.25, -0.2) is 9.28 Å².